The van der Waals surface area contributed by atoms with Crippen LogP contribution in [0.25, 0.3) is 16.5 Å². The molecule has 0 aliphatic carbocycles. The summed E-state index contributed by atoms with van der Waals surface area (Å²) in [5.41, 5.74) is 3.36. The third kappa shape index (κ3) is 3.38. The predicted octanol–water partition coefficient (Wildman–Crippen LogP) is 4.31. The van der Waals surface area contributed by atoms with E-state index in [2.05, 4.69) is 27.4 Å². The molecule has 1 aromatic carbocycles. The highest BCUT2D eigenvalue weighted by Crippen LogP contribution is 2.29. The average molecular weight is 358 g/mol. The molecular weight excluding hydrogens is 341 g/mol. The number of rotatable bonds is 4. The van der Waals surface area contributed by atoms with Crippen LogP contribution in [-0.4, -0.2) is 23.1 Å². The lowest BCUT2D eigenvalue weighted by Gasteiger charge is -2.15. The minimum absolute atomic E-state index is 0.0914. The van der Waals surface area contributed by atoms with E-state index in [1.165, 1.54) is 11.6 Å². The Morgan fingerprint density at radius 3 is 2.96 bits per heavy atom. The van der Waals surface area contributed by atoms with Gasteiger partial charge >= 0.3 is 0 Å². The van der Waals surface area contributed by atoms with Crippen molar-refractivity contribution in [2.75, 3.05) is 13.1 Å². The Kier molecular flexibility index (Phi) is 4.42. The second-order valence-corrected chi connectivity index (χ2v) is 6.40. The number of halogens is 2. The fourth-order valence-electron chi connectivity index (χ4n) is 2.94. The van der Waals surface area contributed by atoms with Crippen molar-refractivity contribution in [2.45, 2.75) is 13.0 Å². The highest BCUT2D eigenvalue weighted by Gasteiger charge is 2.14. The Morgan fingerprint density at radius 2 is 2.16 bits per heavy atom. The maximum Gasteiger partial charge on any atom is 0.239 e. The molecule has 0 saturated heterocycles. The summed E-state index contributed by atoms with van der Waals surface area (Å²) >= 11 is 5.79. The average Bonchev–Trinajstić information content (AvgIpc) is 3.10. The van der Waals surface area contributed by atoms with Gasteiger partial charge < -0.3 is 15.0 Å². The molecule has 0 bridgehead atoms. The van der Waals surface area contributed by atoms with Crippen molar-refractivity contribution in [1.82, 2.24) is 15.3 Å². The number of aromatic nitrogens is 2. The van der Waals surface area contributed by atoms with E-state index in [4.69, 9.17) is 16.3 Å². The molecule has 0 spiro atoms. The van der Waals surface area contributed by atoms with Crippen LogP contribution in [0.1, 0.15) is 17.7 Å². The number of aromatic amines is 1. The molecule has 0 unspecified atom stereocenters. The van der Waals surface area contributed by atoms with Gasteiger partial charge in [-0.3, -0.25) is 0 Å². The van der Waals surface area contributed by atoms with Gasteiger partial charge in [-0.1, -0.05) is 23.7 Å². The van der Waals surface area contributed by atoms with Crippen molar-refractivity contribution in [3.63, 3.8) is 0 Å². The van der Waals surface area contributed by atoms with Crippen LogP contribution >= 0.6 is 11.6 Å². The third-order valence-corrected chi connectivity index (χ3v) is 4.51. The lowest BCUT2D eigenvalue weighted by atomic mass is 10.0. The van der Waals surface area contributed by atoms with Gasteiger partial charge in [0.1, 0.15) is 17.9 Å². The monoisotopic (exact) mass is 357 g/mol. The van der Waals surface area contributed by atoms with Gasteiger partial charge in [-0.2, -0.15) is 0 Å². The van der Waals surface area contributed by atoms with Crippen LogP contribution in [0.3, 0.4) is 0 Å². The summed E-state index contributed by atoms with van der Waals surface area (Å²) in [6.07, 6.45) is 4.92. The second-order valence-electron chi connectivity index (χ2n) is 5.96. The van der Waals surface area contributed by atoms with Crippen LogP contribution in [0.2, 0.25) is 5.02 Å². The number of H-pyrrole nitrogens is 1. The van der Waals surface area contributed by atoms with Crippen molar-refractivity contribution in [1.29, 1.82) is 0 Å². The molecule has 3 aromatic rings. The van der Waals surface area contributed by atoms with Crippen molar-refractivity contribution in [3.8, 4) is 5.88 Å². The van der Waals surface area contributed by atoms with Gasteiger partial charge in [0, 0.05) is 28.7 Å². The molecule has 25 heavy (non-hydrogen) atoms. The third-order valence-electron chi connectivity index (χ3n) is 4.28. The molecule has 0 fully saturated rings. The van der Waals surface area contributed by atoms with Gasteiger partial charge in [0.15, 0.2) is 0 Å². The lowest BCUT2D eigenvalue weighted by Crippen LogP contribution is -2.20. The van der Waals surface area contributed by atoms with E-state index in [1.807, 2.05) is 12.3 Å². The fourth-order valence-corrected chi connectivity index (χ4v) is 3.10. The van der Waals surface area contributed by atoms with Gasteiger partial charge in [-0.05, 0) is 42.8 Å². The van der Waals surface area contributed by atoms with Crippen LogP contribution in [0, 0.1) is 5.82 Å². The molecule has 0 radical (unpaired) electrons. The number of pyridine rings is 1. The van der Waals surface area contributed by atoms with E-state index >= 15 is 0 Å². The number of ether oxygens (including phenoxy) is 1. The van der Waals surface area contributed by atoms with Crippen LogP contribution in [0.4, 0.5) is 4.39 Å². The molecule has 2 aromatic heterocycles. The molecule has 1 aliphatic heterocycles. The first-order chi connectivity index (χ1) is 12.2. The van der Waals surface area contributed by atoms with E-state index in [9.17, 15) is 4.39 Å². The number of hydrogen-bond donors (Lipinski definition) is 2. The smallest absolute Gasteiger partial charge is 0.239 e. The molecule has 0 amide bonds. The summed E-state index contributed by atoms with van der Waals surface area (Å²) in [4.78, 5) is 7.81. The van der Waals surface area contributed by atoms with Crippen molar-refractivity contribution < 1.29 is 9.13 Å². The van der Waals surface area contributed by atoms with Gasteiger partial charge in [-0.15, -0.1) is 0 Å². The Morgan fingerprint density at radius 1 is 1.24 bits per heavy atom. The van der Waals surface area contributed by atoms with Gasteiger partial charge in [-0.25, -0.2) is 9.37 Å². The minimum Gasteiger partial charge on any atom is -0.471 e. The highest BCUT2D eigenvalue weighted by molar-refractivity contribution is 6.30. The molecule has 4 nitrogen and oxygen atoms in total. The van der Waals surface area contributed by atoms with Gasteiger partial charge in [0.25, 0.3) is 0 Å². The molecule has 4 rings (SSSR count). The van der Waals surface area contributed by atoms with Crippen LogP contribution < -0.4 is 10.1 Å². The summed E-state index contributed by atoms with van der Waals surface area (Å²) in [7, 11) is 0. The largest absolute Gasteiger partial charge is 0.471 e. The lowest BCUT2D eigenvalue weighted by molar-refractivity contribution is 0.291. The summed E-state index contributed by atoms with van der Waals surface area (Å²) in [6, 6.07) is 8.60. The van der Waals surface area contributed by atoms with Crippen molar-refractivity contribution in [3.05, 3.63) is 64.7 Å². The number of nitrogens with one attached hydrogen (secondary N) is 2. The zero-order valence-electron chi connectivity index (χ0n) is 13.5. The van der Waals surface area contributed by atoms with E-state index < -0.39 is 0 Å². The predicted molar refractivity (Wildman–Crippen MR) is 97.3 cm³/mol. The number of nitrogens with zero attached hydrogens (tertiary/aromatic N) is 1. The van der Waals surface area contributed by atoms with Gasteiger partial charge in [0.05, 0.1) is 5.69 Å². The van der Waals surface area contributed by atoms with Crippen molar-refractivity contribution in [2.24, 2.45) is 0 Å². The van der Waals surface area contributed by atoms with E-state index in [-0.39, 0.29) is 12.4 Å². The summed E-state index contributed by atoms with van der Waals surface area (Å²) in [5.74, 6) is 0.0960. The Balaban J connectivity index is 1.66. The SMILES string of the molecule is Fc1cc(Cl)ccc1COc1nc(C2=CCNCC2)cc2cc[nH]c12. The Bertz CT molecular complexity index is 951. The number of benzene rings is 1. The first-order valence-electron chi connectivity index (χ1n) is 8.16. The van der Waals surface area contributed by atoms with Crippen molar-refractivity contribution >= 4 is 28.1 Å². The van der Waals surface area contributed by atoms with Gasteiger partial charge in [0.2, 0.25) is 5.88 Å². The molecule has 128 valence electrons. The summed E-state index contributed by atoms with van der Waals surface area (Å²) in [6.45, 7) is 1.87. The zero-order valence-corrected chi connectivity index (χ0v) is 14.2. The fraction of sp³-hybridized carbons (Fsp3) is 0.211. The zero-order chi connectivity index (χ0) is 17.2. The topological polar surface area (TPSA) is 49.9 Å². The maximum absolute atomic E-state index is 14.0. The molecule has 0 atom stereocenters. The van der Waals surface area contributed by atoms with E-state index in [0.29, 0.717) is 16.5 Å². The van der Waals surface area contributed by atoms with E-state index in [1.54, 1.807) is 12.1 Å². The second kappa shape index (κ2) is 6.86. The molecule has 0 saturated carbocycles. The molecule has 2 N–H and O–H groups in total. The molecule has 1 aliphatic rings. The normalized spacial score (nSPS) is 14.6. The van der Waals surface area contributed by atoms with E-state index in [0.717, 1.165) is 36.1 Å². The van der Waals surface area contributed by atoms with Crippen LogP contribution in [0.15, 0.2) is 42.6 Å². The quantitative estimate of drug-likeness (QED) is 0.731. The number of fused-ring (bicyclic) bond motifs is 1. The first-order valence-corrected chi connectivity index (χ1v) is 8.53. The summed E-state index contributed by atoms with van der Waals surface area (Å²) < 4.78 is 19.8. The molecule has 3 heterocycles. The highest BCUT2D eigenvalue weighted by atomic mass is 35.5. The maximum atomic E-state index is 14.0. The standard InChI is InChI=1S/C19H17ClFN3O/c20-15-2-1-14(16(21)10-15)11-25-19-18-13(5-8-23-18)9-17(24-19)12-3-6-22-7-4-12/h1-3,5,8-10,22-23H,4,6-7,11H2. The Labute approximate surface area is 149 Å². The molecular formula is C19H17ClFN3O. The number of hydrogen-bond acceptors (Lipinski definition) is 3. The Hall–Kier alpha value is -2.37. The van der Waals surface area contributed by atoms with Crippen LogP contribution in [-0.2, 0) is 6.61 Å². The minimum atomic E-state index is -0.382. The summed E-state index contributed by atoms with van der Waals surface area (Å²) in [5, 5.41) is 4.69. The first kappa shape index (κ1) is 16.1. The van der Waals surface area contributed by atoms with Crippen LogP contribution in [0.5, 0.6) is 5.88 Å². The molecule has 6 heteroatoms.